The van der Waals surface area contributed by atoms with Gasteiger partial charge in [0.2, 0.25) is 7.37 Å². The molecule has 0 spiro atoms. The molecule has 3 aromatic heterocycles. The van der Waals surface area contributed by atoms with Crippen molar-refractivity contribution < 1.29 is 9.46 Å². The second kappa shape index (κ2) is 10.0. The maximum atomic E-state index is 12.3. The summed E-state index contributed by atoms with van der Waals surface area (Å²) in [4.78, 5) is 27.6. The molecule has 1 atom stereocenters. The van der Waals surface area contributed by atoms with Gasteiger partial charge in [-0.2, -0.15) is 0 Å². The van der Waals surface area contributed by atoms with Gasteiger partial charge in [0.25, 0.3) is 0 Å². The lowest BCUT2D eigenvalue weighted by Gasteiger charge is -2.15. The van der Waals surface area contributed by atoms with Gasteiger partial charge in [-0.1, -0.05) is 55.8 Å². The Labute approximate surface area is 250 Å². The summed E-state index contributed by atoms with van der Waals surface area (Å²) >= 11 is 0. The number of rotatable bonds is 3. The lowest BCUT2D eigenvalue weighted by Crippen LogP contribution is -2.14. The Hall–Kier alpha value is -4.51. The first-order valence-corrected chi connectivity index (χ1v) is 16.5. The number of nitrogens with zero attached hydrogens (tertiary/aromatic N) is 2. The molecule has 1 unspecified atom stereocenters. The van der Waals surface area contributed by atoms with Crippen molar-refractivity contribution in [2.75, 3.05) is 6.66 Å². The molecule has 5 aromatic rings. The number of aromatic nitrogens is 4. The summed E-state index contributed by atoms with van der Waals surface area (Å²) in [6, 6.07) is 28.4. The zero-order valence-corrected chi connectivity index (χ0v) is 25.5. The Morgan fingerprint density at radius 3 is 1.84 bits per heavy atom. The molecule has 8 bridgehead atoms. The van der Waals surface area contributed by atoms with E-state index in [4.69, 9.17) is 9.97 Å². The number of aromatic amines is 2. The molecule has 0 saturated heterocycles. The Morgan fingerprint density at radius 1 is 0.744 bits per heavy atom. The van der Waals surface area contributed by atoms with E-state index in [0.717, 1.165) is 73.5 Å². The molecule has 2 aliphatic heterocycles. The second-order valence-electron chi connectivity index (χ2n) is 12.3. The minimum Gasteiger partial charge on any atom is -0.355 e. The maximum Gasteiger partial charge on any atom is 0.226 e. The van der Waals surface area contributed by atoms with E-state index < -0.39 is 7.37 Å². The Bertz CT molecular complexity index is 2130. The first-order chi connectivity index (χ1) is 20.5. The number of fused-ring (bicyclic) bond motifs is 8. The number of hydrogen-bond acceptors (Lipinski definition) is 3. The highest BCUT2D eigenvalue weighted by Crippen LogP contribution is 2.37. The highest BCUT2D eigenvalue weighted by molar-refractivity contribution is 7.65. The van der Waals surface area contributed by atoms with E-state index in [2.05, 4.69) is 97.5 Å². The fourth-order valence-corrected chi connectivity index (χ4v) is 6.66. The van der Waals surface area contributed by atoms with Crippen molar-refractivity contribution >= 4 is 46.9 Å². The van der Waals surface area contributed by atoms with Crippen molar-refractivity contribution in [3.05, 3.63) is 113 Å². The molecule has 3 N–H and O–H groups in total. The average Bonchev–Trinajstić information content (AvgIpc) is 3.75. The first kappa shape index (κ1) is 27.3. The molecule has 0 fully saturated rings. The van der Waals surface area contributed by atoms with Crippen molar-refractivity contribution in [1.82, 2.24) is 19.9 Å². The van der Waals surface area contributed by atoms with E-state index in [1.807, 2.05) is 18.2 Å². The van der Waals surface area contributed by atoms with Crippen LogP contribution in [0.15, 0.2) is 84.9 Å². The lowest BCUT2D eigenvalue weighted by atomic mass is 9.87. The molecular formula is C36H33N4O2P. The topological polar surface area (TPSA) is 94.7 Å². The lowest BCUT2D eigenvalue weighted by molar-refractivity contribution is 0.496. The third kappa shape index (κ3) is 5.18. The predicted octanol–water partition coefficient (Wildman–Crippen LogP) is 8.17. The fraction of sp³-hybridized carbons (Fsp3) is 0.167. The van der Waals surface area contributed by atoms with Crippen molar-refractivity contribution in [3.8, 4) is 22.3 Å². The summed E-state index contributed by atoms with van der Waals surface area (Å²) < 4.78 is 12.3. The van der Waals surface area contributed by atoms with Gasteiger partial charge in [-0.25, -0.2) is 4.98 Å². The van der Waals surface area contributed by atoms with Crippen molar-refractivity contribution in [2.45, 2.75) is 32.6 Å². The van der Waals surface area contributed by atoms with Crippen LogP contribution in [0.3, 0.4) is 0 Å². The fourth-order valence-electron chi connectivity index (χ4n) is 5.96. The number of benzene rings is 2. The molecule has 0 radical (unpaired) electrons. The van der Waals surface area contributed by atoms with E-state index in [9.17, 15) is 9.46 Å². The van der Waals surface area contributed by atoms with Gasteiger partial charge >= 0.3 is 0 Å². The van der Waals surface area contributed by atoms with Gasteiger partial charge < -0.3 is 14.9 Å². The summed E-state index contributed by atoms with van der Waals surface area (Å²) in [5, 5.41) is 0.421. The van der Waals surface area contributed by atoms with Gasteiger partial charge in [-0.3, -0.25) is 9.55 Å². The summed E-state index contributed by atoms with van der Waals surface area (Å²) in [5.74, 6) is 0. The third-order valence-electron chi connectivity index (χ3n) is 8.28. The van der Waals surface area contributed by atoms with Crippen LogP contribution in [0.1, 0.15) is 42.2 Å². The largest absolute Gasteiger partial charge is 0.355 e. The van der Waals surface area contributed by atoms with Gasteiger partial charge in [0.15, 0.2) is 0 Å². The molecule has 0 amide bonds. The molecule has 7 heteroatoms. The predicted molar refractivity (Wildman–Crippen MR) is 178 cm³/mol. The Morgan fingerprint density at radius 2 is 1.28 bits per heavy atom. The van der Waals surface area contributed by atoms with E-state index in [1.165, 1.54) is 12.2 Å². The molecule has 0 aliphatic carbocycles. The SMILES string of the molecule is Cc1ccc(-c2c3nc(c(-c4ccc(P(C)(=O)O)cc4)c4ccc(cc5nc(cc6ccc2[nH]6)C(C)(C)C5)[nH]4)C=C3)cc1. The molecule has 2 aromatic carbocycles. The normalized spacial score (nSPS) is 15.4. The Kier molecular flexibility index (Phi) is 6.39. The molecule has 43 heavy (non-hydrogen) atoms. The van der Waals surface area contributed by atoms with E-state index >= 15 is 0 Å². The first-order valence-electron chi connectivity index (χ1n) is 14.4. The molecule has 5 heterocycles. The van der Waals surface area contributed by atoms with Crippen LogP contribution in [0.4, 0.5) is 0 Å². The summed E-state index contributed by atoms with van der Waals surface area (Å²) in [6.07, 6.45) is 4.95. The quantitative estimate of drug-likeness (QED) is 0.183. The molecule has 6 nitrogen and oxygen atoms in total. The van der Waals surface area contributed by atoms with Gasteiger partial charge in [0.1, 0.15) is 0 Å². The van der Waals surface area contributed by atoms with E-state index in [0.29, 0.717) is 5.30 Å². The van der Waals surface area contributed by atoms with Gasteiger partial charge in [-0.15, -0.1) is 0 Å². The van der Waals surface area contributed by atoms with E-state index in [-0.39, 0.29) is 5.41 Å². The summed E-state index contributed by atoms with van der Waals surface area (Å²) in [7, 11) is -3.37. The molecule has 2 aliphatic rings. The number of nitrogens with one attached hydrogen (secondary N) is 2. The second-order valence-corrected chi connectivity index (χ2v) is 14.5. The van der Waals surface area contributed by atoms with Gasteiger partial charge in [0, 0.05) is 68.4 Å². The number of aryl methyl sites for hydroxylation is 1. The Balaban J connectivity index is 1.59. The van der Waals surface area contributed by atoms with Crippen LogP contribution in [-0.2, 0) is 16.4 Å². The van der Waals surface area contributed by atoms with Crippen molar-refractivity contribution in [3.63, 3.8) is 0 Å². The minimum atomic E-state index is -3.37. The zero-order chi connectivity index (χ0) is 29.9. The number of hydrogen-bond donors (Lipinski definition) is 3. The maximum absolute atomic E-state index is 12.3. The van der Waals surface area contributed by atoms with E-state index in [1.54, 1.807) is 12.1 Å². The molecule has 214 valence electrons. The number of H-pyrrole nitrogens is 2. The van der Waals surface area contributed by atoms with Crippen LogP contribution in [-0.4, -0.2) is 31.5 Å². The van der Waals surface area contributed by atoms with Crippen LogP contribution < -0.4 is 5.30 Å². The van der Waals surface area contributed by atoms with Crippen molar-refractivity contribution in [2.24, 2.45) is 0 Å². The zero-order valence-electron chi connectivity index (χ0n) is 24.6. The average molecular weight is 585 g/mol. The van der Waals surface area contributed by atoms with Crippen LogP contribution in [0.25, 0.3) is 56.5 Å². The van der Waals surface area contributed by atoms with Crippen LogP contribution in [0.2, 0.25) is 0 Å². The summed E-state index contributed by atoms with van der Waals surface area (Å²) in [5.41, 5.74) is 12.6. The standard InChI is InChI=1S/C36H33N4O2P/c1-22-5-7-23(8-6-22)34-30-16-12-26(38-30)20-33-36(2,3)21-27(39-33)19-25-11-15-29(37-25)35(32-18-17-31(34)40-32)24-9-13-28(14-10-24)43(4,41)42/h5-20,37-38H,21H2,1-4H3,(H,41,42). The van der Waals surface area contributed by atoms with Gasteiger partial charge in [0.05, 0.1) is 11.4 Å². The molecular weight excluding hydrogens is 551 g/mol. The minimum absolute atomic E-state index is 0.101. The molecule has 7 rings (SSSR count). The van der Waals surface area contributed by atoms with Crippen LogP contribution >= 0.6 is 7.37 Å². The van der Waals surface area contributed by atoms with Crippen molar-refractivity contribution in [1.29, 1.82) is 0 Å². The monoisotopic (exact) mass is 584 g/mol. The van der Waals surface area contributed by atoms with Gasteiger partial charge in [-0.05, 0) is 78.7 Å². The summed E-state index contributed by atoms with van der Waals surface area (Å²) in [6.45, 7) is 7.92. The highest BCUT2D eigenvalue weighted by atomic mass is 31.2. The smallest absolute Gasteiger partial charge is 0.226 e. The third-order valence-corrected chi connectivity index (χ3v) is 9.53. The highest BCUT2D eigenvalue weighted by Gasteiger charge is 2.28. The van der Waals surface area contributed by atoms with Crippen LogP contribution in [0.5, 0.6) is 0 Å². The van der Waals surface area contributed by atoms with Crippen LogP contribution in [0, 0.1) is 6.92 Å². The molecule has 0 saturated carbocycles.